The molecule has 0 saturated carbocycles. The predicted octanol–water partition coefficient (Wildman–Crippen LogP) is 2.89. The first-order valence-electron chi connectivity index (χ1n) is 12.1. The number of carbonyl (C=O) groups is 1. The van der Waals surface area contributed by atoms with Crippen LogP contribution in [0.2, 0.25) is 0 Å². The van der Waals surface area contributed by atoms with Crippen LogP contribution in [0.3, 0.4) is 0 Å². The monoisotopic (exact) mass is 504 g/mol. The van der Waals surface area contributed by atoms with Gasteiger partial charge in [0, 0.05) is 38.5 Å². The Morgan fingerprint density at radius 2 is 1.94 bits per heavy atom. The van der Waals surface area contributed by atoms with E-state index in [4.69, 9.17) is 4.74 Å². The maximum atomic E-state index is 13.0. The van der Waals surface area contributed by atoms with Gasteiger partial charge < -0.3 is 4.74 Å². The van der Waals surface area contributed by atoms with E-state index >= 15 is 0 Å². The van der Waals surface area contributed by atoms with Crippen molar-refractivity contribution in [3.63, 3.8) is 0 Å². The molecule has 0 aliphatic carbocycles. The SMILES string of the molecule is Cc1ccc(C)c(COCC2CCN(S(=O)(=O)CC(CCCc3ncccn3)N(O)C=O)CC2)c1. The Kier molecular flexibility index (Phi) is 10.1. The topological polar surface area (TPSA) is 113 Å². The number of rotatable bonds is 13. The Labute approximate surface area is 208 Å². The number of carbonyl (C=O) groups excluding carboxylic acids is 1. The lowest BCUT2D eigenvalue weighted by molar-refractivity contribution is -0.158. The van der Waals surface area contributed by atoms with Gasteiger partial charge in [0.1, 0.15) is 5.82 Å². The number of sulfonamides is 1. The third kappa shape index (κ3) is 8.34. The molecule has 1 aromatic carbocycles. The largest absolute Gasteiger partial charge is 0.376 e. The van der Waals surface area contributed by atoms with Crippen molar-refractivity contribution in [3.05, 3.63) is 59.2 Å². The van der Waals surface area contributed by atoms with Crippen LogP contribution in [0.25, 0.3) is 0 Å². The van der Waals surface area contributed by atoms with Crippen molar-refractivity contribution in [2.45, 2.75) is 58.6 Å². The molecular formula is C25H36N4O5S. The van der Waals surface area contributed by atoms with Crippen molar-refractivity contribution in [1.29, 1.82) is 0 Å². The van der Waals surface area contributed by atoms with Gasteiger partial charge in [-0.05, 0) is 62.6 Å². The minimum atomic E-state index is -3.63. The molecule has 1 aliphatic heterocycles. The van der Waals surface area contributed by atoms with Crippen LogP contribution >= 0.6 is 0 Å². The van der Waals surface area contributed by atoms with Gasteiger partial charge in [-0.15, -0.1) is 0 Å². The van der Waals surface area contributed by atoms with Gasteiger partial charge in [-0.1, -0.05) is 23.8 Å². The fraction of sp³-hybridized carbons (Fsp3) is 0.560. The summed E-state index contributed by atoms with van der Waals surface area (Å²) in [4.78, 5) is 19.5. The van der Waals surface area contributed by atoms with Gasteiger partial charge in [0.05, 0.1) is 18.4 Å². The lowest BCUT2D eigenvalue weighted by Crippen LogP contribution is -2.45. The van der Waals surface area contributed by atoms with E-state index in [1.54, 1.807) is 18.5 Å². The maximum Gasteiger partial charge on any atom is 0.233 e. The summed E-state index contributed by atoms with van der Waals surface area (Å²) in [5, 5.41) is 10.5. The first-order chi connectivity index (χ1) is 16.8. The number of ether oxygens (including phenoxy) is 1. The second-order valence-corrected chi connectivity index (χ2v) is 11.3. The Bertz CT molecular complexity index is 1040. The smallest absolute Gasteiger partial charge is 0.233 e. The molecule has 10 heteroatoms. The number of aryl methyl sites for hydroxylation is 3. The van der Waals surface area contributed by atoms with E-state index in [0.717, 1.165) is 12.8 Å². The average molecular weight is 505 g/mol. The summed E-state index contributed by atoms with van der Waals surface area (Å²) in [7, 11) is -3.63. The maximum absolute atomic E-state index is 13.0. The normalized spacial score (nSPS) is 16.2. The average Bonchev–Trinajstić information content (AvgIpc) is 2.86. The Hall–Kier alpha value is -2.40. The number of piperidine rings is 1. The van der Waals surface area contributed by atoms with Gasteiger partial charge in [0.15, 0.2) is 0 Å². The Balaban J connectivity index is 1.45. The highest BCUT2D eigenvalue weighted by molar-refractivity contribution is 7.89. The van der Waals surface area contributed by atoms with Crippen molar-refractivity contribution in [2.75, 3.05) is 25.4 Å². The number of amides is 1. The van der Waals surface area contributed by atoms with Crippen LogP contribution in [0.4, 0.5) is 0 Å². The third-order valence-corrected chi connectivity index (χ3v) is 8.48. The molecule has 1 fully saturated rings. The molecule has 1 aliphatic rings. The van der Waals surface area contributed by atoms with Gasteiger partial charge in [-0.25, -0.2) is 27.8 Å². The van der Waals surface area contributed by atoms with E-state index in [2.05, 4.69) is 42.0 Å². The molecule has 0 spiro atoms. The van der Waals surface area contributed by atoms with Gasteiger partial charge in [0.2, 0.25) is 16.4 Å². The molecule has 2 aromatic rings. The fourth-order valence-electron chi connectivity index (χ4n) is 4.33. The molecule has 0 radical (unpaired) electrons. The molecule has 1 atom stereocenters. The Morgan fingerprint density at radius 3 is 2.63 bits per heavy atom. The molecule has 35 heavy (non-hydrogen) atoms. The number of benzene rings is 1. The molecule has 192 valence electrons. The van der Waals surface area contributed by atoms with Gasteiger partial charge in [0.25, 0.3) is 0 Å². The van der Waals surface area contributed by atoms with E-state index in [0.29, 0.717) is 62.4 Å². The molecule has 1 aromatic heterocycles. The van der Waals surface area contributed by atoms with Crippen LogP contribution in [0.15, 0.2) is 36.7 Å². The molecule has 1 N–H and O–H groups in total. The van der Waals surface area contributed by atoms with Crippen LogP contribution in [0.5, 0.6) is 0 Å². The van der Waals surface area contributed by atoms with Crippen molar-refractivity contribution in [1.82, 2.24) is 19.3 Å². The van der Waals surface area contributed by atoms with Crippen LogP contribution in [-0.4, -0.2) is 70.9 Å². The summed E-state index contributed by atoms with van der Waals surface area (Å²) < 4.78 is 33.5. The summed E-state index contributed by atoms with van der Waals surface area (Å²) in [5.41, 5.74) is 3.59. The number of nitrogens with zero attached hydrogens (tertiary/aromatic N) is 4. The minimum Gasteiger partial charge on any atom is -0.376 e. The van der Waals surface area contributed by atoms with Crippen LogP contribution in [-0.2, 0) is 32.6 Å². The zero-order valence-electron chi connectivity index (χ0n) is 20.5. The molecule has 1 saturated heterocycles. The van der Waals surface area contributed by atoms with Gasteiger partial charge in [-0.2, -0.15) is 0 Å². The van der Waals surface area contributed by atoms with E-state index in [-0.39, 0.29) is 12.2 Å². The summed E-state index contributed by atoms with van der Waals surface area (Å²) in [6, 6.07) is 7.22. The zero-order valence-corrected chi connectivity index (χ0v) is 21.4. The van der Waals surface area contributed by atoms with E-state index in [1.807, 2.05) is 0 Å². The molecule has 1 amide bonds. The van der Waals surface area contributed by atoms with Crippen LogP contribution in [0, 0.1) is 19.8 Å². The molecule has 3 rings (SSSR count). The highest BCUT2D eigenvalue weighted by Gasteiger charge is 2.32. The number of aromatic nitrogens is 2. The predicted molar refractivity (Wildman–Crippen MR) is 132 cm³/mol. The summed E-state index contributed by atoms with van der Waals surface area (Å²) in [6.07, 6.45) is 6.41. The van der Waals surface area contributed by atoms with Crippen molar-refractivity contribution in [3.8, 4) is 0 Å². The molecule has 9 nitrogen and oxygen atoms in total. The standard InChI is InChI=1S/C25H36N4O5S/c1-20-7-8-21(2)23(15-20)17-34-16-22-9-13-28(14-10-22)35(32,33)18-24(29(31)19-30)5-3-6-25-26-11-4-12-27-25/h4,7-8,11-12,15,19,22,24,31H,3,5-6,9-10,13-14,16-18H2,1-2H3. The number of hydrogen-bond acceptors (Lipinski definition) is 7. The van der Waals surface area contributed by atoms with Crippen molar-refractivity contribution < 1.29 is 23.2 Å². The Morgan fingerprint density at radius 1 is 1.23 bits per heavy atom. The first kappa shape index (κ1) is 27.2. The van der Waals surface area contributed by atoms with Crippen LogP contribution < -0.4 is 0 Å². The summed E-state index contributed by atoms with van der Waals surface area (Å²) >= 11 is 0. The molecule has 0 bridgehead atoms. The second kappa shape index (κ2) is 13.1. The van der Waals surface area contributed by atoms with Gasteiger partial charge in [-0.3, -0.25) is 10.0 Å². The van der Waals surface area contributed by atoms with E-state index in [1.165, 1.54) is 21.0 Å². The van der Waals surface area contributed by atoms with E-state index < -0.39 is 16.1 Å². The third-order valence-electron chi connectivity index (χ3n) is 6.52. The molecular weight excluding hydrogens is 468 g/mol. The molecule has 2 heterocycles. The van der Waals surface area contributed by atoms with Crippen LogP contribution in [0.1, 0.15) is 48.2 Å². The van der Waals surface area contributed by atoms with Crippen molar-refractivity contribution in [2.24, 2.45) is 5.92 Å². The minimum absolute atomic E-state index is 0.263. The first-order valence-corrected chi connectivity index (χ1v) is 13.7. The van der Waals surface area contributed by atoms with Crippen molar-refractivity contribution >= 4 is 16.4 Å². The lowest BCUT2D eigenvalue weighted by Gasteiger charge is -2.33. The summed E-state index contributed by atoms with van der Waals surface area (Å²) in [5.74, 6) is 0.634. The second-order valence-electron chi connectivity index (χ2n) is 9.26. The van der Waals surface area contributed by atoms with Gasteiger partial charge >= 0.3 is 0 Å². The number of hydrogen-bond donors (Lipinski definition) is 1. The fourth-order valence-corrected chi connectivity index (χ4v) is 6.11. The highest BCUT2D eigenvalue weighted by Crippen LogP contribution is 2.22. The van der Waals surface area contributed by atoms with E-state index in [9.17, 15) is 18.4 Å². The highest BCUT2D eigenvalue weighted by atomic mass is 32.2. The number of hydroxylamine groups is 2. The zero-order chi connectivity index (χ0) is 25.3. The molecule has 1 unspecified atom stereocenters. The lowest BCUT2D eigenvalue weighted by atomic mass is 9.99. The quantitative estimate of drug-likeness (QED) is 0.253. The summed E-state index contributed by atoms with van der Waals surface area (Å²) in [6.45, 7) is 6.11.